The zero-order valence-corrected chi connectivity index (χ0v) is 11.1. The number of nitrogens with zero attached hydrogens (tertiary/aromatic N) is 1. The van der Waals surface area contributed by atoms with Crippen LogP contribution >= 0.6 is 0 Å². The van der Waals surface area contributed by atoms with Gasteiger partial charge < -0.3 is 36.4 Å². The van der Waals surface area contributed by atoms with E-state index < -0.39 is 48.6 Å². The maximum atomic E-state index is 12.0. The van der Waals surface area contributed by atoms with Crippen molar-refractivity contribution in [2.24, 2.45) is 10.9 Å². The molecule has 0 aromatic heterocycles. The van der Waals surface area contributed by atoms with Crippen molar-refractivity contribution in [3.05, 3.63) is 16.3 Å². The second-order valence-corrected chi connectivity index (χ2v) is 4.21. The molecule has 1 amide bonds. The van der Waals surface area contributed by atoms with Gasteiger partial charge in [-0.25, -0.2) is 0 Å². The highest BCUT2D eigenvalue weighted by molar-refractivity contribution is 6.05. The number of amides is 1. The lowest BCUT2D eigenvalue weighted by Crippen LogP contribution is -2.46. The van der Waals surface area contributed by atoms with E-state index in [4.69, 9.17) is 21.0 Å². The summed E-state index contributed by atoms with van der Waals surface area (Å²) in [4.78, 5) is 22.2. The normalized spacial score (nSPS) is 29.5. The zero-order valence-electron chi connectivity index (χ0n) is 11.1. The average molecular weight is 303 g/mol. The summed E-state index contributed by atoms with van der Waals surface area (Å²) in [6.07, 6.45) is -5.14. The first kappa shape index (κ1) is 17.0. The molecule has 11 heteroatoms. The molecule has 0 saturated carbocycles. The number of ether oxygens (including phenoxy) is 1. The van der Waals surface area contributed by atoms with Gasteiger partial charge in [0.25, 0.3) is 5.91 Å². The molecule has 11 nitrogen and oxygen atoms in total. The van der Waals surface area contributed by atoms with E-state index in [1.54, 1.807) is 0 Å². The number of rotatable bonds is 5. The standard InChI is InChI=1S/C10H17N5O6/c1-13-5(4(11)8(12)15-20)9(19)14-10-7(18)6(17)3(2-16)21-10/h3,6-7,10,12-13,16-18H,2,11H2,1H3,(H,14,19)/b5-4+,12-8?. The maximum Gasteiger partial charge on any atom is 0.271 e. The van der Waals surface area contributed by atoms with Crippen LogP contribution < -0.4 is 16.4 Å². The molecular formula is C10H17N5O6. The predicted molar refractivity (Wildman–Crippen MR) is 69.7 cm³/mol. The Labute approximate surface area is 119 Å². The van der Waals surface area contributed by atoms with Crippen molar-refractivity contribution in [1.82, 2.24) is 10.6 Å². The quantitative estimate of drug-likeness (QED) is 0.119. The van der Waals surface area contributed by atoms with E-state index in [-0.39, 0.29) is 5.70 Å². The molecule has 0 aromatic rings. The highest BCUT2D eigenvalue weighted by Gasteiger charge is 2.43. The fourth-order valence-corrected chi connectivity index (χ4v) is 1.76. The molecular weight excluding hydrogens is 286 g/mol. The van der Waals surface area contributed by atoms with Gasteiger partial charge in [0.05, 0.1) is 6.61 Å². The lowest BCUT2D eigenvalue weighted by atomic mass is 10.1. The lowest BCUT2D eigenvalue weighted by molar-refractivity contribution is -0.124. The Balaban J connectivity index is 2.85. The number of hydrogen-bond donors (Lipinski definition) is 7. The number of nitrogens with one attached hydrogen (secondary N) is 3. The number of nitroso groups, excluding NO2 is 1. The molecule has 118 valence electrons. The summed E-state index contributed by atoms with van der Waals surface area (Å²) < 4.78 is 5.06. The van der Waals surface area contributed by atoms with Crippen molar-refractivity contribution in [3.63, 3.8) is 0 Å². The third-order valence-corrected chi connectivity index (χ3v) is 2.91. The topological polar surface area (TPSA) is 190 Å². The summed E-state index contributed by atoms with van der Waals surface area (Å²) in [7, 11) is 1.33. The Kier molecular flexibility index (Phi) is 5.72. The molecule has 8 N–H and O–H groups in total. The second-order valence-electron chi connectivity index (χ2n) is 4.21. The third kappa shape index (κ3) is 3.52. The van der Waals surface area contributed by atoms with E-state index in [1.807, 2.05) is 0 Å². The van der Waals surface area contributed by atoms with E-state index in [1.165, 1.54) is 7.05 Å². The van der Waals surface area contributed by atoms with Crippen molar-refractivity contribution in [2.45, 2.75) is 24.5 Å². The number of amidine groups is 1. The molecule has 0 aromatic carbocycles. The van der Waals surface area contributed by atoms with Gasteiger partial charge >= 0.3 is 0 Å². The van der Waals surface area contributed by atoms with Crippen LogP contribution in [0.25, 0.3) is 0 Å². The predicted octanol–water partition coefficient (Wildman–Crippen LogP) is -3.33. The summed E-state index contributed by atoms with van der Waals surface area (Å²) >= 11 is 0. The fourth-order valence-electron chi connectivity index (χ4n) is 1.76. The molecule has 0 spiro atoms. The number of carbonyl (C=O) groups excluding carboxylic acids is 1. The van der Waals surface area contributed by atoms with Gasteiger partial charge in [-0.2, -0.15) is 0 Å². The Hall–Kier alpha value is -2.08. The van der Waals surface area contributed by atoms with Crippen LogP contribution in [0.5, 0.6) is 0 Å². The highest BCUT2D eigenvalue weighted by Crippen LogP contribution is 2.19. The molecule has 4 atom stereocenters. The first-order valence-corrected chi connectivity index (χ1v) is 5.90. The minimum atomic E-state index is -1.45. The Morgan fingerprint density at radius 2 is 2.05 bits per heavy atom. The number of carbonyl (C=O) groups is 1. The SMILES string of the molecule is CN/C(C(=O)NC1OC(CO)C(O)C1O)=C(/N)C(=N)N=O. The summed E-state index contributed by atoms with van der Waals surface area (Å²) in [6.45, 7) is -0.541. The van der Waals surface area contributed by atoms with Gasteiger partial charge in [0, 0.05) is 7.05 Å². The first-order valence-electron chi connectivity index (χ1n) is 5.90. The minimum Gasteiger partial charge on any atom is -0.394 e. The third-order valence-electron chi connectivity index (χ3n) is 2.91. The molecule has 0 bridgehead atoms. The molecule has 1 heterocycles. The first-order chi connectivity index (χ1) is 9.87. The van der Waals surface area contributed by atoms with Crippen LogP contribution in [0.1, 0.15) is 0 Å². The summed E-state index contributed by atoms with van der Waals surface area (Å²) in [5, 5.41) is 42.2. The second kappa shape index (κ2) is 7.08. The van der Waals surface area contributed by atoms with Gasteiger partial charge in [-0.3, -0.25) is 10.2 Å². The fraction of sp³-hybridized carbons (Fsp3) is 0.600. The van der Waals surface area contributed by atoms with Crippen LogP contribution in [0.2, 0.25) is 0 Å². The maximum absolute atomic E-state index is 12.0. The van der Waals surface area contributed by atoms with Gasteiger partial charge in [0.2, 0.25) is 5.84 Å². The van der Waals surface area contributed by atoms with Gasteiger partial charge in [-0.05, 0) is 5.18 Å². The van der Waals surface area contributed by atoms with Crippen LogP contribution in [0.15, 0.2) is 16.6 Å². The molecule has 1 fully saturated rings. The highest BCUT2D eigenvalue weighted by atomic mass is 16.6. The average Bonchev–Trinajstić information content (AvgIpc) is 2.74. The minimum absolute atomic E-state index is 0.322. The van der Waals surface area contributed by atoms with Gasteiger partial charge in [0.1, 0.15) is 29.7 Å². The molecule has 1 saturated heterocycles. The van der Waals surface area contributed by atoms with Crippen molar-refractivity contribution in [3.8, 4) is 0 Å². The smallest absolute Gasteiger partial charge is 0.271 e. The largest absolute Gasteiger partial charge is 0.394 e. The van der Waals surface area contributed by atoms with E-state index >= 15 is 0 Å². The number of nitrogens with two attached hydrogens (primary N) is 1. The van der Waals surface area contributed by atoms with E-state index in [2.05, 4.69) is 15.8 Å². The zero-order chi connectivity index (χ0) is 16.2. The van der Waals surface area contributed by atoms with Gasteiger partial charge in [-0.1, -0.05) is 0 Å². The van der Waals surface area contributed by atoms with Crippen molar-refractivity contribution in [2.75, 3.05) is 13.7 Å². The molecule has 1 aliphatic rings. The molecule has 1 rings (SSSR count). The monoisotopic (exact) mass is 303 g/mol. The van der Waals surface area contributed by atoms with Gasteiger partial charge in [0.15, 0.2) is 6.23 Å². The van der Waals surface area contributed by atoms with Crippen molar-refractivity contribution < 1.29 is 24.9 Å². The van der Waals surface area contributed by atoms with Crippen LogP contribution in [0.4, 0.5) is 0 Å². The molecule has 21 heavy (non-hydrogen) atoms. The van der Waals surface area contributed by atoms with E-state index in [0.29, 0.717) is 0 Å². The number of aliphatic hydroxyl groups excluding tert-OH is 3. The molecule has 0 radical (unpaired) electrons. The Morgan fingerprint density at radius 3 is 2.48 bits per heavy atom. The van der Waals surface area contributed by atoms with Crippen LogP contribution in [0.3, 0.4) is 0 Å². The lowest BCUT2D eigenvalue weighted by Gasteiger charge is -2.18. The number of hydrogen-bond acceptors (Lipinski definition) is 9. The van der Waals surface area contributed by atoms with E-state index in [9.17, 15) is 19.9 Å². The van der Waals surface area contributed by atoms with E-state index in [0.717, 1.165) is 0 Å². The van der Waals surface area contributed by atoms with Crippen molar-refractivity contribution >= 4 is 11.7 Å². The summed E-state index contributed by atoms with van der Waals surface area (Å²) in [5.41, 5.74) is 4.61. The Morgan fingerprint density at radius 1 is 1.43 bits per heavy atom. The van der Waals surface area contributed by atoms with Gasteiger partial charge in [-0.15, -0.1) is 4.91 Å². The van der Waals surface area contributed by atoms with Crippen molar-refractivity contribution in [1.29, 1.82) is 5.41 Å². The Bertz CT molecular complexity index is 467. The number of likely N-dealkylation sites (N-methyl/N-ethyl adjacent to an activating group) is 1. The van der Waals surface area contributed by atoms with Crippen LogP contribution in [-0.2, 0) is 9.53 Å². The van der Waals surface area contributed by atoms with Crippen LogP contribution in [0, 0.1) is 10.3 Å². The molecule has 0 aliphatic carbocycles. The molecule has 4 unspecified atom stereocenters. The van der Waals surface area contributed by atoms with Crippen LogP contribution in [-0.4, -0.2) is 65.3 Å². The summed E-state index contributed by atoms with van der Waals surface area (Å²) in [6, 6.07) is 0. The number of aliphatic hydroxyl groups is 3. The summed E-state index contributed by atoms with van der Waals surface area (Å²) in [5.74, 6) is -1.71. The molecule has 1 aliphatic heterocycles.